The number of amides is 1. The molecule has 5 rings (SSSR count). The molecule has 0 atom stereocenters. The third-order valence-corrected chi connectivity index (χ3v) is 6.70. The van der Waals surface area contributed by atoms with Gasteiger partial charge in [0.1, 0.15) is 15.7 Å². The van der Waals surface area contributed by atoms with Crippen LogP contribution in [0.4, 0.5) is 5.82 Å². The Hall–Kier alpha value is -3.36. The van der Waals surface area contributed by atoms with Crippen molar-refractivity contribution in [2.24, 2.45) is 7.05 Å². The lowest BCUT2D eigenvalue weighted by atomic mass is 10.1. The number of carbonyl (C=O) groups excluding carboxylic acids is 1. The molecule has 0 saturated carbocycles. The number of hydrogen-bond acceptors (Lipinski definition) is 6. The van der Waals surface area contributed by atoms with Crippen molar-refractivity contribution < 1.29 is 4.79 Å². The Labute approximate surface area is 180 Å². The molecule has 1 amide bonds. The number of aromatic nitrogens is 4. The Kier molecular flexibility index (Phi) is 4.65. The first-order chi connectivity index (χ1) is 14.6. The second-order valence-corrected chi connectivity index (χ2v) is 8.80. The number of thiazole rings is 1. The number of anilines is 1. The highest BCUT2D eigenvalue weighted by molar-refractivity contribution is 7.20. The molecule has 0 aliphatic carbocycles. The van der Waals surface area contributed by atoms with Crippen molar-refractivity contribution in [3.05, 3.63) is 70.7 Å². The average molecular weight is 432 g/mol. The molecule has 4 aromatic heterocycles. The third kappa shape index (κ3) is 3.40. The van der Waals surface area contributed by atoms with E-state index in [1.807, 2.05) is 61.8 Å². The summed E-state index contributed by atoms with van der Waals surface area (Å²) in [5, 5.41) is 11.3. The Morgan fingerprint density at radius 2 is 2.00 bits per heavy atom. The zero-order valence-corrected chi connectivity index (χ0v) is 17.9. The molecule has 0 aliphatic heterocycles. The Morgan fingerprint density at radius 1 is 1.13 bits per heavy atom. The summed E-state index contributed by atoms with van der Waals surface area (Å²) in [4.78, 5) is 23.1. The van der Waals surface area contributed by atoms with Gasteiger partial charge in [-0.2, -0.15) is 5.10 Å². The largest absolute Gasteiger partial charge is 0.306 e. The van der Waals surface area contributed by atoms with Gasteiger partial charge < -0.3 is 5.32 Å². The molecule has 8 heteroatoms. The molecular weight excluding hydrogens is 414 g/mol. The topological polar surface area (TPSA) is 72.7 Å². The van der Waals surface area contributed by atoms with E-state index in [1.54, 1.807) is 28.4 Å². The van der Waals surface area contributed by atoms with Crippen LogP contribution in [0.15, 0.2) is 60.2 Å². The van der Waals surface area contributed by atoms with Gasteiger partial charge in [0.2, 0.25) is 0 Å². The van der Waals surface area contributed by atoms with Crippen LogP contribution in [0.25, 0.3) is 32.0 Å². The predicted molar refractivity (Wildman–Crippen MR) is 122 cm³/mol. The van der Waals surface area contributed by atoms with E-state index in [4.69, 9.17) is 0 Å². The molecule has 0 bridgehead atoms. The number of pyridine rings is 1. The van der Waals surface area contributed by atoms with Gasteiger partial charge in [0.05, 0.1) is 10.6 Å². The van der Waals surface area contributed by atoms with Crippen molar-refractivity contribution in [1.82, 2.24) is 19.7 Å². The first-order valence-electron chi connectivity index (χ1n) is 9.29. The normalized spacial score (nSPS) is 11.1. The van der Waals surface area contributed by atoms with E-state index in [9.17, 15) is 4.79 Å². The number of aryl methyl sites for hydroxylation is 2. The molecule has 1 aromatic carbocycles. The summed E-state index contributed by atoms with van der Waals surface area (Å²) in [6, 6.07) is 13.9. The lowest BCUT2D eigenvalue weighted by Gasteiger charge is -2.02. The fourth-order valence-corrected chi connectivity index (χ4v) is 4.78. The highest BCUT2D eigenvalue weighted by Gasteiger charge is 2.16. The van der Waals surface area contributed by atoms with Gasteiger partial charge in [0.25, 0.3) is 5.91 Å². The van der Waals surface area contributed by atoms with Crippen molar-refractivity contribution in [2.75, 3.05) is 5.32 Å². The second-order valence-electron chi connectivity index (χ2n) is 6.87. The quantitative estimate of drug-likeness (QED) is 0.415. The molecule has 0 aliphatic rings. The summed E-state index contributed by atoms with van der Waals surface area (Å²) in [6.07, 6.45) is 3.57. The van der Waals surface area contributed by atoms with Crippen LogP contribution >= 0.6 is 22.7 Å². The van der Waals surface area contributed by atoms with Crippen LogP contribution in [0.5, 0.6) is 0 Å². The van der Waals surface area contributed by atoms with Crippen LogP contribution in [-0.4, -0.2) is 25.7 Å². The molecule has 1 N–H and O–H groups in total. The van der Waals surface area contributed by atoms with Crippen LogP contribution in [0.1, 0.15) is 15.2 Å². The molecule has 0 radical (unpaired) electrons. The second kappa shape index (κ2) is 7.47. The van der Waals surface area contributed by atoms with E-state index in [0.29, 0.717) is 10.7 Å². The molecule has 0 spiro atoms. The number of hydrogen-bond donors (Lipinski definition) is 1. The van der Waals surface area contributed by atoms with E-state index < -0.39 is 0 Å². The summed E-state index contributed by atoms with van der Waals surface area (Å²) in [5.74, 6) is 0.472. The SMILES string of the molecule is Cc1ccccc1-c1cc(NC(=O)c2cc3cc(-c4nccs4)cnc3s2)n(C)n1. The van der Waals surface area contributed by atoms with Crippen molar-refractivity contribution in [2.45, 2.75) is 6.92 Å². The minimum absolute atomic E-state index is 0.173. The van der Waals surface area contributed by atoms with Gasteiger partial charge in [-0.15, -0.1) is 22.7 Å². The average Bonchev–Trinajstić information content (AvgIpc) is 3.48. The molecule has 0 unspecified atom stereocenters. The third-order valence-electron chi connectivity index (χ3n) is 4.82. The maximum Gasteiger partial charge on any atom is 0.266 e. The molecule has 5 aromatic rings. The summed E-state index contributed by atoms with van der Waals surface area (Å²) < 4.78 is 1.69. The van der Waals surface area contributed by atoms with Crippen LogP contribution in [0.2, 0.25) is 0 Å². The Morgan fingerprint density at radius 3 is 2.80 bits per heavy atom. The van der Waals surface area contributed by atoms with Gasteiger partial charge >= 0.3 is 0 Å². The standard InChI is InChI=1S/C22H17N5OS2/c1-13-5-3-4-6-16(13)17-11-19(27(2)26-17)25-20(28)18-10-14-9-15(12-24-22(14)30-18)21-23-7-8-29-21/h3-12H,1-2H3,(H,25,28). The molecule has 0 saturated heterocycles. The molecule has 30 heavy (non-hydrogen) atoms. The summed E-state index contributed by atoms with van der Waals surface area (Å²) in [5.41, 5.74) is 3.98. The first kappa shape index (κ1) is 18.7. The zero-order valence-electron chi connectivity index (χ0n) is 16.3. The number of rotatable bonds is 4. The monoisotopic (exact) mass is 431 g/mol. The Bertz CT molecular complexity index is 1370. The van der Waals surface area contributed by atoms with Crippen molar-refractivity contribution >= 4 is 44.6 Å². The lowest BCUT2D eigenvalue weighted by molar-refractivity contribution is 0.102. The molecule has 148 valence electrons. The fourth-order valence-electron chi connectivity index (χ4n) is 3.28. The number of carbonyl (C=O) groups is 1. The van der Waals surface area contributed by atoms with Gasteiger partial charge in [-0.05, 0) is 24.6 Å². The molecule has 6 nitrogen and oxygen atoms in total. The fraction of sp³-hybridized carbons (Fsp3) is 0.0909. The minimum atomic E-state index is -0.173. The van der Waals surface area contributed by atoms with Crippen LogP contribution in [0, 0.1) is 6.92 Å². The van der Waals surface area contributed by atoms with Gasteiger partial charge in [-0.1, -0.05) is 24.3 Å². The van der Waals surface area contributed by atoms with Gasteiger partial charge in [-0.25, -0.2) is 9.97 Å². The van der Waals surface area contributed by atoms with Gasteiger partial charge in [-0.3, -0.25) is 9.48 Å². The highest BCUT2D eigenvalue weighted by Crippen LogP contribution is 2.30. The van der Waals surface area contributed by atoms with Crippen LogP contribution < -0.4 is 5.32 Å². The first-order valence-corrected chi connectivity index (χ1v) is 11.0. The zero-order chi connectivity index (χ0) is 20.7. The minimum Gasteiger partial charge on any atom is -0.306 e. The van der Waals surface area contributed by atoms with E-state index in [2.05, 4.69) is 20.4 Å². The lowest BCUT2D eigenvalue weighted by Crippen LogP contribution is -2.13. The van der Waals surface area contributed by atoms with E-state index in [-0.39, 0.29) is 5.91 Å². The maximum absolute atomic E-state index is 12.9. The molecular formula is C22H17N5OS2. The van der Waals surface area contributed by atoms with Gasteiger partial charge in [0.15, 0.2) is 0 Å². The van der Waals surface area contributed by atoms with E-state index in [0.717, 1.165) is 37.6 Å². The van der Waals surface area contributed by atoms with Crippen molar-refractivity contribution in [3.8, 4) is 21.8 Å². The number of benzene rings is 1. The van der Waals surface area contributed by atoms with Gasteiger partial charge in [0, 0.05) is 47.4 Å². The smallest absolute Gasteiger partial charge is 0.266 e. The number of nitrogens with zero attached hydrogens (tertiary/aromatic N) is 4. The number of nitrogens with one attached hydrogen (secondary N) is 1. The Balaban J connectivity index is 1.42. The predicted octanol–water partition coefficient (Wildman–Crippen LogP) is 5.38. The number of fused-ring (bicyclic) bond motifs is 1. The summed E-state index contributed by atoms with van der Waals surface area (Å²) >= 11 is 2.94. The summed E-state index contributed by atoms with van der Waals surface area (Å²) in [7, 11) is 1.82. The number of thiophene rings is 1. The van der Waals surface area contributed by atoms with Crippen LogP contribution in [0.3, 0.4) is 0 Å². The van der Waals surface area contributed by atoms with E-state index >= 15 is 0 Å². The molecule has 4 heterocycles. The summed E-state index contributed by atoms with van der Waals surface area (Å²) in [6.45, 7) is 2.05. The van der Waals surface area contributed by atoms with Crippen LogP contribution in [-0.2, 0) is 7.05 Å². The van der Waals surface area contributed by atoms with Crippen molar-refractivity contribution in [1.29, 1.82) is 0 Å². The van der Waals surface area contributed by atoms with Crippen molar-refractivity contribution in [3.63, 3.8) is 0 Å². The highest BCUT2D eigenvalue weighted by atomic mass is 32.1. The molecule has 0 fully saturated rings. The maximum atomic E-state index is 12.9. The van der Waals surface area contributed by atoms with E-state index in [1.165, 1.54) is 11.3 Å².